The Kier molecular flexibility index (Phi) is 4.48. The minimum absolute atomic E-state index is 0.0722. The van der Waals surface area contributed by atoms with E-state index in [9.17, 15) is 14.0 Å². The van der Waals surface area contributed by atoms with Crippen molar-refractivity contribution in [1.29, 1.82) is 0 Å². The van der Waals surface area contributed by atoms with Crippen LogP contribution in [0.1, 0.15) is 16.1 Å². The molecular weight excluding hydrogens is 331 g/mol. The third kappa shape index (κ3) is 3.38. The van der Waals surface area contributed by atoms with Gasteiger partial charge in [-0.05, 0) is 12.1 Å². The number of carbonyl (C=O) groups is 1. The van der Waals surface area contributed by atoms with Crippen molar-refractivity contribution in [1.82, 2.24) is 14.3 Å². The number of rotatable bonds is 3. The maximum absolute atomic E-state index is 13.8. The van der Waals surface area contributed by atoms with E-state index in [1.54, 1.807) is 34.3 Å². The monoisotopic (exact) mass is 344 g/mol. The Hall–Kier alpha value is -2.87. The number of halogens is 1. The molecule has 0 saturated heterocycles. The largest absolute Gasteiger partial charge is 0.319 e. The molecule has 3 aromatic rings. The molecular formula is C16H13FN4O2S. The molecule has 0 N–H and O–H groups in total. The molecule has 8 heteroatoms. The predicted octanol–water partition coefficient (Wildman–Crippen LogP) is 1.57. The molecule has 122 valence electrons. The minimum Gasteiger partial charge on any atom is -0.319 e. The van der Waals surface area contributed by atoms with Gasteiger partial charge < -0.3 is 4.57 Å². The quantitative estimate of drug-likeness (QED) is 0.724. The van der Waals surface area contributed by atoms with E-state index in [0.717, 1.165) is 4.68 Å². The molecule has 0 aliphatic heterocycles. The van der Waals surface area contributed by atoms with E-state index < -0.39 is 5.91 Å². The summed E-state index contributed by atoms with van der Waals surface area (Å²) in [5, 5.41) is 5.64. The Labute approximate surface area is 140 Å². The number of carbonyl (C=O) groups excluding carboxylic acids is 1. The van der Waals surface area contributed by atoms with E-state index in [2.05, 4.69) is 10.1 Å². The third-order valence-corrected chi connectivity index (χ3v) is 4.13. The molecule has 2 aromatic heterocycles. The smallest absolute Gasteiger partial charge is 0.300 e. The van der Waals surface area contributed by atoms with Crippen molar-refractivity contribution >= 4 is 17.2 Å². The van der Waals surface area contributed by atoms with Gasteiger partial charge in [-0.25, -0.2) is 9.07 Å². The van der Waals surface area contributed by atoms with Crippen LogP contribution in [0.2, 0.25) is 0 Å². The molecule has 0 fully saturated rings. The van der Waals surface area contributed by atoms with E-state index in [4.69, 9.17) is 0 Å². The van der Waals surface area contributed by atoms with Crippen molar-refractivity contribution in [3.63, 3.8) is 0 Å². The topological polar surface area (TPSA) is 69.2 Å². The molecule has 0 aliphatic rings. The fourth-order valence-corrected chi connectivity index (χ4v) is 2.80. The second kappa shape index (κ2) is 6.71. The lowest BCUT2D eigenvalue weighted by atomic mass is 10.2. The second-order valence-electron chi connectivity index (χ2n) is 5.00. The number of benzene rings is 1. The van der Waals surface area contributed by atoms with E-state index in [0.29, 0.717) is 10.4 Å². The number of hydrogen-bond acceptors (Lipinski definition) is 4. The standard InChI is InChI=1S/C16H13FN4O2S/c1-20-14(22)7-6-13(19-20)15(23)18-16-21(8-9-24-16)10-11-4-2-3-5-12(11)17/h2-9H,10H2,1H3. The van der Waals surface area contributed by atoms with Gasteiger partial charge in [0.15, 0.2) is 10.5 Å². The highest BCUT2D eigenvalue weighted by Gasteiger charge is 2.09. The zero-order chi connectivity index (χ0) is 17.1. The van der Waals surface area contributed by atoms with Crippen LogP contribution in [-0.2, 0) is 13.6 Å². The van der Waals surface area contributed by atoms with E-state index in [-0.39, 0.29) is 23.6 Å². The van der Waals surface area contributed by atoms with Gasteiger partial charge in [0.25, 0.3) is 11.5 Å². The van der Waals surface area contributed by atoms with Gasteiger partial charge in [-0.2, -0.15) is 10.1 Å². The van der Waals surface area contributed by atoms with Gasteiger partial charge in [0.05, 0.1) is 6.54 Å². The Morgan fingerprint density at radius 1 is 1.29 bits per heavy atom. The van der Waals surface area contributed by atoms with Crippen LogP contribution in [0.15, 0.2) is 57.8 Å². The van der Waals surface area contributed by atoms with Crippen molar-refractivity contribution < 1.29 is 9.18 Å². The summed E-state index contributed by atoms with van der Waals surface area (Å²) in [4.78, 5) is 28.0. The maximum atomic E-state index is 13.8. The summed E-state index contributed by atoms with van der Waals surface area (Å²) in [5.41, 5.74) is 0.269. The van der Waals surface area contributed by atoms with Crippen molar-refractivity contribution in [2.75, 3.05) is 0 Å². The average Bonchev–Trinajstić information content (AvgIpc) is 2.99. The molecule has 0 bridgehead atoms. The van der Waals surface area contributed by atoms with Crippen LogP contribution in [0.3, 0.4) is 0 Å². The zero-order valence-corrected chi connectivity index (χ0v) is 13.5. The SMILES string of the molecule is Cn1nc(C(=O)N=c2sccn2Cc2ccccc2F)ccc1=O. The molecule has 0 aliphatic carbocycles. The van der Waals surface area contributed by atoms with Crippen LogP contribution in [0.4, 0.5) is 4.39 Å². The fourth-order valence-electron chi connectivity index (χ4n) is 2.08. The summed E-state index contributed by atoms with van der Waals surface area (Å²) in [6.07, 6.45) is 1.73. The molecule has 24 heavy (non-hydrogen) atoms. The summed E-state index contributed by atoms with van der Waals surface area (Å²) in [6.45, 7) is 0.267. The molecule has 3 rings (SSSR count). The van der Waals surface area contributed by atoms with Gasteiger partial charge >= 0.3 is 0 Å². The molecule has 0 radical (unpaired) electrons. The summed E-state index contributed by atoms with van der Waals surface area (Å²) >= 11 is 1.26. The lowest BCUT2D eigenvalue weighted by Gasteiger charge is -2.04. The Balaban J connectivity index is 1.93. The summed E-state index contributed by atoms with van der Waals surface area (Å²) < 4.78 is 16.5. The van der Waals surface area contributed by atoms with Crippen LogP contribution in [0.5, 0.6) is 0 Å². The third-order valence-electron chi connectivity index (χ3n) is 3.34. The molecule has 1 aromatic carbocycles. The number of amides is 1. The van der Waals surface area contributed by atoms with E-state index >= 15 is 0 Å². The fraction of sp³-hybridized carbons (Fsp3) is 0.125. The van der Waals surface area contributed by atoms with Crippen molar-refractivity contribution in [2.45, 2.75) is 6.54 Å². The lowest BCUT2D eigenvalue weighted by Crippen LogP contribution is -2.22. The van der Waals surface area contributed by atoms with Gasteiger partial charge in [-0.3, -0.25) is 9.59 Å². The normalized spacial score (nSPS) is 11.7. The Bertz CT molecular complexity index is 1020. The zero-order valence-electron chi connectivity index (χ0n) is 12.7. The van der Waals surface area contributed by atoms with Crippen LogP contribution >= 0.6 is 11.3 Å². The van der Waals surface area contributed by atoms with Gasteiger partial charge in [-0.1, -0.05) is 18.2 Å². The summed E-state index contributed by atoms with van der Waals surface area (Å²) in [5.74, 6) is -0.872. The highest BCUT2D eigenvalue weighted by atomic mass is 32.1. The Morgan fingerprint density at radius 3 is 2.83 bits per heavy atom. The molecule has 6 nitrogen and oxygen atoms in total. The van der Waals surface area contributed by atoms with Gasteiger partial charge in [-0.15, -0.1) is 11.3 Å². The molecule has 1 amide bonds. The van der Waals surface area contributed by atoms with Crippen molar-refractivity contribution in [3.05, 3.63) is 80.2 Å². The van der Waals surface area contributed by atoms with Crippen LogP contribution < -0.4 is 10.4 Å². The first-order chi connectivity index (χ1) is 11.5. The van der Waals surface area contributed by atoms with E-state index in [1.165, 1.54) is 36.6 Å². The number of aryl methyl sites for hydroxylation is 1. The van der Waals surface area contributed by atoms with Gasteiger partial charge in [0.2, 0.25) is 0 Å². The van der Waals surface area contributed by atoms with Crippen LogP contribution in [-0.4, -0.2) is 20.3 Å². The first-order valence-corrected chi connectivity index (χ1v) is 7.93. The Morgan fingerprint density at radius 2 is 2.08 bits per heavy atom. The van der Waals surface area contributed by atoms with E-state index in [1.807, 2.05) is 0 Å². The molecule has 2 heterocycles. The highest BCUT2D eigenvalue weighted by molar-refractivity contribution is 7.07. The molecule has 0 unspecified atom stereocenters. The van der Waals surface area contributed by atoms with Crippen LogP contribution in [0.25, 0.3) is 0 Å². The maximum Gasteiger partial charge on any atom is 0.300 e. The second-order valence-corrected chi connectivity index (χ2v) is 5.88. The van der Waals surface area contributed by atoms with Crippen LogP contribution in [0, 0.1) is 5.82 Å². The number of thiazole rings is 1. The minimum atomic E-state index is -0.560. The van der Waals surface area contributed by atoms with Gasteiger partial charge in [0.1, 0.15) is 5.82 Å². The first kappa shape index (κ1) is 16.0. The molecule has 0 atom stereocenters. The predicted molar refractivity (Wildman–Crippen MR) is 87.2 cm³/mol. The van der Waals surface area contributed by atoms with Gasteiger partial charge in [0, 0.05) is 30.3 Å². The van der Waals surface area contributed by atoms with Crippen molar-refractivity contribution in [2.24, 2.45) is 12.0 Å². The first-order valence-electron chi connectivity index (χ1n) is 7.05. The lowest BCUT2D eigenvalue weighted by molar-refractivity contribution is 0.0991. The number of aromatic nitrogens is 3. The highest BCUT2D eigenvalue weighted by Crippen LogP contribution is 2.08. The molecule has 0 saturated carbocycles. The molecule has 0 spiro atoms. The summed E-state index contributed by atoms with van der Waals surface area (Å²) in [7, 11) is 1.46. The summed E-state index contributed by atoms with van der Waals surface area (Å²) in [6, 6.07) is 9.04. The van der Waals surface area contributed by atoms with Crippen molar-refractivity contribution in [3.8, 4) is 0 Å². The average molecular weight is 344 g/mol. The number of nitrogens with zero attached hydrogens (tertiary/aromatic N) is 4. The number of hydrogen-bond donors (Lipinski definition) is 0.